The van der Waals surface area contributed by atoms with E-state index in [1.54, 1.807) is 24.4 Å². The Kier molecular flexibility index (Phi) is 5.87. The van der Waals surface area contributed by atoms with E-state index in [4.69, 9.17) is 22.3 Å². The minimum Gasteiger partial charge on any atom is -0.481 e. The van der Waals surface area contributed by atoms with Crippen LogP contribution in [0, 0.1) is 0 Å². The van der Waals surface area contributed by atoms with E-state index in [0.29, 0.717) is 32.7 Å². The maximum absolute atomic E-state index is 13.2. The molecule has 0 aromatic carbocycles. The molecule has 0 spiro atoms. The van der Waals surface area contributed by atoms with Crippen LogP contribution in [0.3, 0.4) is 0 Å². The average molecular weight is 445 g/mol. The van der Waals surface area contributed by atoms with Crippen LogP contribution in [0.5, 0.6) is 0 Å². The van der Waals surface area contributed by atoms with Gasteiger partial charge in [-0.2, -0.15) is 0 Å². The van der Waals surface area contributed by atoms with Gasteiger partial charge < -0.3 is 10.0 Å². The third-order valence-electron chi connectivity index (χ3n) is 5.08. The number of hydrogen-bond donors (Lipinski definition) is 1. The standard InChI is InChI=1S/C20H20N4O4S2/c25-16(26)7-5-11-24-19(28)14(30-20(24)29)12-13-17(22-8-3-4-9-22)21-15-6-1-2-10-23(15)18(13)27/h1-2,6,10,12H,3-5,7-9,11H2,(H,25,26). The zero-order valence-electron chi connectivity index (χ0n) is 16.1. The number of hydrogen-bond acceptors (Lipinski definition) is 7. The summed E-state index contributed by atoms with van der Waals surface area (Å²) in [6.45, 7) is 1.86. The Morgan fingerprint density at radius 3 is 2.77 bits per heavy atom. The Morgan fingerprint density at radius 2 is 2.03 bits per heavy atom. The minimum absolute atomic E-state index is 0.0365. The van der Waals surface area contributed by atoms with Crippen LogP contribution in [-0.2, 0) is 9.59 Å². The molecule has 156 valence electrons. The van der Waals surface area contributed by atoms with E-state index in [9.17, 15) is 14.4 Å². The van der Waals surface area contributed by atoms with E-state index in [0.717, 1.165) is 37.7 Å². The molecular weight excluding hydrogens is 424 g/mol. The number of aromatic nitrogens is 2. The number of nitrogens with zero attached hydrogens (tertiary/aromatic N) is 4. The number of aliphatic carboxylic acids is 1. The first-order valence-electron chi connectivity index (χ1n) is 9.69. The lowest BCUT2D eigenvalue weighted by Gasteiger charge is -2.19. The zero-order valence-corrected chi connectivity index (χ0v) is 17.7. The van der Waals surface area contributed by atoms with Gasteiger partial charge >= 0.3 is 5.97 Å². The van der Waals surface area contributed by atoms with Crippen molar-refractivity contribution in [3.05, 3.63) is 45.2 Å². The normalized spacial score (nSPS) is 18.2. The predicted octanol–water partition coefficient (Wildman–Crippen LogP) is 2.36. The quantitative estimate of drug-likeness (QED) is 0.536. The molecule has 1 N–H and O–H groups in total. The first-order valence-corrected chi connectivity index (χ1v) is 10.9. The molecule has 0 atom stereocenters. The van der Waals surface area contributed by atoms with Gasteiger partial charge in [0.2, 0.25) is 0 Å². The van der Waals surface area contributed by atoms with Crippen LogP contribution in [0.1, 0.15) is 31.2 Å². The predicted molar refractivity (Wildman–Crippen MR) is 120 cm³/mol. The number of rotatable bonds is 6. The summed E-state index contributed by atoms with van der Waals surface area (Å²) >= 11 is 6.44. The van der Waals surface area contributed by atoms with Crippen LogP contribution in [0.25, 0.3) is 11.7 Å². The molecule has 8 nitrogen and oxygen atoms in total. The van der Waals surface area contributed by atoms with Crippen molar-refractivity contribution in [2.75, 3.05) is 24.5 Å². The second-order valence-corrected chi connectivity index (χ2v) is 8.78. The van der Waals surface area contributed by atoms with Crippen LogP contribution >= 0.6 is 24.0 Å². The first-order chi connectivity index (χ1) is 14.5. The molecule has 2 aromatic rings. The molecule has 0 bridgehead atoms. The molecule has 2 saturated heterocycles. The van der Waals surface area contributed by atoms with E-state index >= 15 is 0 Å². The van der Waals surface area contributed by atoms with Crippen molar-refractivity contribution in [3.63, 3.8) is 0 Å². The van der Waals surface area contributed by atoms with Crippen LogP contribution in [0.4, 0.5) is 5.82 Å². The molecule has 10 heteroatoms. The van der Waals surface area contributed by atoms with Gasteiger partial charge in [0.05, 0.1) is 10.5 Å². The molecule has 4 rings (SSSR count). The van der Waals surface area contributed by atoms with E-state index in [-0.39, 0.29) is 24.4 Å². The SMILES string of the molecule is O=C(O)CCCN1C(=O)C(=Cc2c(N3CCCC3)nc3ccccn3c2=O)SC1=S. The summed E-state index contributed by atoms with van der Waals surface area (Å²) in [5, 5.41) is 8.82. The molecule has 0 saturated carbocycles. The molecule has 0 unspecified atom stereocenters. The van der Waals surface area contributed by atoms with Gasteiger partial charge in [-0.1, -0.05) is 30.0 Å². The first kappa shape index (κ1) is 20.5. The summed E-state index contributed by atoms with van der Waals surface area (Å²) in [5.74, 6) is -0.637. The highest BCUT2D eigenvalue weighted by Crippen LogP contribution is 2.34. The summed E-state index contributed by atoms with van der Waals surface area (Å²) in [4.78, 5) is 45.4. The largest absolute Gasteiger partial charge is 0.481 e. The van der Waals surface area contributed by atoms with Crippen molar-refractivity contribution in [3.8, 4) is 0 Å². The number of amides is 1. The lowest BCUT2D eigenvalue weighted by Crippen LogP contribution is -2.29. The molecule has 0 radical (unpaired) electrons. The van der Waals surface area contributed by atoms with Gasteiger partial charge in [0.15, 0.2) is 0 Å². The average Bonchev–Trinajstić information content (AvgIpc) is 3.34. The summed E-state index contributed by atoms with van der Waals surface area (Å²) in [7, 11) is 0. The molecule has 1 amide bonds. The summed E-state index contributed by atoms with van der Waals surface area (Å²) in [6, 6.07) is 5.38. The fraction of sp³-hybridized carbons (Fsp3) is 0.350. The van der Waals surface area contributed by atoms with Crippen molar-refractivity contribution >= 4 is 57.7 Å². The number of pyridine rings is 1. The Balaban J connectivity index is 1.73. The number of fused-ring (bicyclic) bond motifs is 1. The Bertz CT molecular complexity index is 1120. The number of thioether (sulfide) groups is 1. The fourth-order valence-electron chi connectivity index (χ4n) is 3.60. The third kappa shape index (κ3) is 3.97. The monoisotopic (exact) mass is 444 g/mol. The van der Waals surface area contributed by atoms with Gasteiger partial charge in [-0.15, -0.1) is 0 Å². The van der Waals surface area contributed by atoms with Crippen LogP contribution in [0.2, 0.25) is 0 Å². The van der Waals surface area contributed by atoms with Crippen molar-refractivity contribution in [1.29, 1.82) is 0 Å². The van der Waals surface area contributed by atoms with Crippen molar-refractivity contribution < 1.29 is 14.7 Å². The molecule has 30 heavy (non-hydrogen) atoms. The molecular formula is C20H20N4O4S2. The van der Waals surface area contributed by atoms with Gasteiger partial charge in [0, 0.05) is 32.3 Å². The maximum Gasteiger partial charge on any atom is 0.303 e. The number of thiocarbonyl (C=S) groups is 1. The van der Waals surface area contributed by atoms with Gasteiger partial charge in [-0.05, 0) is 37.5 Å². The topological polar surface area (TPSA) is 95.2 Å². The number of carboxylic acids is 1. The Hall–Kier alpha value is -2.72. The fourth-order valence-corrected chi connectivity index (χ4v) is 4.89. The molecule has 2 fully saturated rings. The van der Waals surface area contributed by atoms with E-state index in [1.807, 2.05) is 6.07 Å². The molecule has 2 aliphatic rings. The highest BCUT2D eigenvalue weighted by Gasteiger charge is 2.32. The molecule has 4 heterocycles. The van der Waals surface area contributed by atoms with E-state index in [2.05, 4.69) is 4.90 Å². The van der Waals surface area contributed by atoms with Crippen molar-refractivity contribution in [1.82, 2.24) is 14.3 Å². The summed E-state index contributed by atoms with van der Waals surface area (Å²) in [6.07, 6.45) is 5.58. The summed E-state index contributed by atoms with van der Waals surface area (Å²) < 4.78 is 1.84. The second kappa shape index (κ2) is 8.57. The van der Waals surface area contributed by atoms with Crippen LogP contribution in [0.15, 0.2) is 34.1 Å². The Morgan fingerprint density at radius 1 is 1.27 bits per heavy atom. The number of carbonyl (C=O) groups excluding carboxylic acids is 1. The van der Waals surface area contributed by atoms with Gasteiger partial charge in [0.25, 0.3) is 11.5 Å². The zero-order chi connectivity index (χ0) is 21.3. The van der Waals surface area contributed by atoms with E-state index < -0.39 is 5.97 Å². The lowest BCUT2D eigenvalue weighted by molar-refractivity contribution is -0.137. The highest BCUT2D eigenvalue weighted by molar-refractivity contribution is 8.26. The minimum atomic E-state index is -0.915. The molecule has 2 aromatic heterocycles. The number of anilines is 1. The highest BCUT2D eigenvalue weighted by atomic mass is 32.2. The Labute approximate surface area is 182 Å². The lowest BCUT2D eigenvalue weighted by atomic mass is 10.2. The molecule has 2 aliphatic heterocycles. The van der Waals surface area contributed by atoms with Gasteiger partial charge in [0.1, 0.15) is 15.8 Å². The van der Waals surface area contributed by atoms with E-state index in [1.165, 1.54) is 9.30 Å². The van der Waals surface area contributed by atoms with Crippen LogP contribution < -0.4 is 10.5 Å². The number of carboxylic acid groups (broad SMARTS) is 1. The van der Waals surface area contributed by atoms with Gasteiger partial charge in [-0.25, -0.2) is 4.98 Å². The smallest absolute Gasteiger partial charge is 0.303 e. The summed E-state index contributed by atoms with van der Waals surface area (Å²) in [5.41, 5.74) is 0.688. The third-order valence-corrected chi connectivity index (χ3v) is 6.45. The van der Waals surface area contributed by atoms with Crippen LogP contribution in [-0.4, -0.2) is 55.2 Å². The van der Waals surface area contributed by atoms with Crippen molar-refractivity contribution in [2.24, 2.45) is 0 Å². The van der Waals surface area contributed by atoms with Crippen molar-refractivity contribution in [2.45, 2.75) is 25.7 Å². The number of carbonyl (C=O) groups is 2. The second-order valence-electron chi connectivity index (χ2n) is 7.11. The van der Waals surface area contributed by atoms with Gasteiger partial charge in [-0.3, -0.25) is 23.7 Å². The molecule has 0 aliphatic carbocycles. The maximum atomic E-state index is 13.2.